The topological polar surface area (TPSA) is 77.8 Å². The predicted octanol–water partition coefficient (Wildman–Crippen LogP) is 3.08. The van der Waals surface area contributed by atoms with Crippen LogP contribution < -0.4 is 5.43 Å². The molecule has 138 valence electrons. The van der Waals surface area contributed by atoms with Crippen LogP contribution in [0.3, 0.4) is 0 Å². The van der Waals surface area contributed by atoms with Crippen LogP contribution in [0.25, 0.3) is 16.5 Å². The second kappa shape index (κ2) is 7.96. The number of rotatable bonds is 6. The van der Waals surface area contributed by atoms with Crippen molar-refractivity contribution in [3.8, 4) is 0 Å². The van der Waals surface area contributed by atoms with Crippen LogP contribution in [0, 0.1) is 0 Å². The number of hydrogen-bond donors (Lipinski definition) is 2. The first-order valence-corrected chi connectivity index (χ1v) is 7.58. The molecule has 6 nitrogen and oxygen atoms in total. The highest BCUT2D eigenvalue weighted by Crippen LogP contribution is 2.22. The molecule has 0 aliphatic heterocycles. The molecule has 2 rings (SSSR count). The fourth-order valence-electron chi connectivity index (χ4n) is 2.04. The molecule has 1 heterocycles. The number of benzene rings is 1. The quantitative estimate of drug-likeness (QED) is 0.356. The third kappa shape index (κ3) is 4.79. The molecule has 0 bridgehead atoms. The van der Waals surface area contributed by atoms with E-state index in [1.165, 1.54) is 7.05 Å². The van der Waals surface area contributed by atoms with Gasteiger partial charge in [0, 0.05) is 24.8 Å². The molecule has 0 amide bonds. The highest BCUT2D eigenvalue weighted by atomic mass is 19.4. The van der Waals surface area contributed by atoms with Gasteiger partial charge < -0.3 is 5.11 Å². The van der Waals surface area contributed by atoms with Gasteiger partial charge in [-0.15, -0.1) is 0 Å². The minimum Gasteiger partial charge on any atom is -0.478 e. The number of hydrazine groups is 1. The summed E-state index contributed by atoms with van der Waals surface area (Å²) in [6.45, 7) is 0.904. The first-order chi connectivity index (χ1) is 12.2. The summed E-state index contributed by atoms with van der Waals surface area (Å²) in [6, 6.07) is 6.60. The van der Waals surface area contributed by atoms with Gasteiger partial charge in [-0.25, -0.2) is 10.2 Å². The third-order valence-corrected chi connectivity index (χ3v) is 3.56. The van der Waals surface area contributed by atoms with Gasteiger partial charge in [-0.05, 0) is 24.6 Å². The average molecular weight is 366 g/mol. The minimum atomic E-state index is -4.47. The Morgan fingerprint density at radius 1 is 1.38 bits per heavy atom. The van der Waals surface area contributed by atoms with Crippen molar-refractivity contribution in [3.05, 3.63) is 48.3 Å². The van der Waals surface area contributed by atoms with Crippen molar-refractivity contribution in [1.82, 2.24) is 15.4 Å². The number of aliphatic carboxylic acids is 1. The molecular weight excluding hydrogens is 349 g/mol. The minimum absolute atomic E-state index is 0.127. The molecule has 1 aromatic carbocycles. The highest BCUT2D eigenvalue weighted by molar-refractivity contribution is 6.16. The van der Waals surface area contributed by atoms with Crippen molar-refractivity contribution in [2.75, 3.05) is 7.05 Å². The van der Waals surface area contributed by atoms with Gasteiger partial charge in [0.15, 0.2) is 0 Å². The fourth-order valence-corrected chi connectivity index (χ4v) is 2.04. The maximum Gasteiger partial charge on any atom is 0.410 e. The number of halogens is 3. The summed E-state index contributed by atoms with van der Waals surface area (Å²) in [5.41, 5.74) is 3.40. The van der Waals surface area contributed by atoms with Crippen LogP contribution in [0.15, 0.2) is 47.7 Å². The number of carboxylic acid groups (broad SMARTS) is 1. The molecule has 1 unspecified atom stereocenters. The number of carbonyl (C=O) groups is 1. The lowest BCUT2D eigenvalue weighted by molar-refractivity contribution is -0.142. The normalized spacial score (nSPS) is 14.0. The number of nitrogens with one attached hydrogen (secondary N) is 1. The molecule has 26 heavy (non-hydrogen) atoms. The van der Waals surface area contributed by atoms with E-state index < -0.39 is 18.2 Å². The molecule has 0 saturated carbocycles. The van der Waals surface area contributed by atoms with E-state index in [9.17, 15) is 23.1 Å². The number of alkyl halides is 3. The maximum atomic E-state index is 12.5. The first-order valence-electron chi connectivity index (χ1n) is 7.58. The van der Waals surface area contributed by atoms with Crippen molar-refractivity contribution in [3.63, 3.8) is 0 Å². The van der Waals surface area contributed by atoms with Gasteiger partial charge in [0.05, 0.1) is 11.1 Å². The molecule has 9 heteroatoms. The zero-order valence-corrected chi connectivity index (χ0v) is 14.0. The summed E-state index contributed by atoms with van der Waals surface area (Å²) in [6.07, 6.45) is -0.847. The van der Waals surface area contributed by atoms with Gasteiger partial charge in [0.25, 0.3) is 0 Å². The average Bonchev–Trinajstić information content (AvgIpc) is 2.60. The van der Waals surface area contributed by atoms with E-state index in [0.29, 0.717) is 11.1 Å². The molecule has 0 aliphatic rings. The Kier molecular flexibility index (Phi) is 5.93. The van der Waals surface area contributed by atoms with Crippen LogP contribution in [0.4, 0.5) is 13.2 Å². The SMILES string of the molecule is CNN(/C=N\C(C)C(F)(F)F)/C=C(/C(=O)O)c1ccc2cccnc2c1. The lowest BCUT2D eigenvalue weighted by Gasteiger charge is -2.17. The highest BCUT2D eigenvalue weighted by Gasteiger charge is 2.35. The molecule has 0 aliphatic carbocycles. The molecule has 0 fully saturated rings. The fraction of sp³-hybridized carbons (Fsp3) is 0.235. The van der Waals surface area contributed by atoms with Crippen LogP contribution in [0.2, 0.25) is 0 Å². The van der Waals surface area contributed by atoms with Crippen molar-refractivity contribution in [2.24, 2.45) is 4.99 Å². The predicted molar refractivity (Wildman–Crippen MR) is 92.3 cm³/mol. The summed E-state index contributed by atoms with van der Waals surface area (Å²) in [5.74, 6) is -1.24. The molecule has 1 atom stereocenters. The van der Waals surface area contributed by atoms with Crippen LogP contribution in [-0.2, 0) is 4.79 Å². The zero-order valence-electron chi connectivity index (χ0n) is 14.0. The number of pyridine rings is 1. The molecule has 0 saturated heterocycles. The van der Waals surface area contributed by atoms with Crippen molar-refractivity contribution in [1.29, 1.82) is 0 Å². The number of nitrogens with zero attached hydrogens (tertiary/aromatic N) is 3. The molecule has 1 aromatic heterocycles. The molecule has 2 aromatic rings. The summed E-state index contributed by atoms with van der Waals surface area (Å²) < 4.78 is 37.6. The van der Waals surface area contributed by atoms with Crippen molar-refractivity contribution >= 4 is 28.8 Å². The zero-order chi connectivity index (χ0) is 19.3. The Morgan fingerprint density at radius 3 is 2.73 bits per heavy atom. The molecule has 0 spiro atoms. The summed E-state index contributed by atoms with van der Waals surface area (Å²) in [4.78, 5) is 19.2. The van der Waals surface area contributed by atoms with Crippen LogP contribution in [0.5, 0.6) is 0 Å². The van der Waals surface area contributed by atoms with Gasteiger partial charge in [0.1, 0.15) is 12.4 Å². The number of carboxylic acids is 1. The number of aromatic nitrogens is 1. The van der Waals surface area contributed by atoms with Crippen molar-refractivity contribution < 1.29 is 23.1 Å². The standard InChI is InChI=1S/C17H17F3N4O2/c1-11(17(18,19)20)23-10-24(21-2)9-14(16(25)26)13-6-5-12-4-3-7-22-15(12)8-13/h3-11,21H,1-2H3,(H,25,26)/b14-9+,23-10-. The lowest BCUT2D eigenvalue weighted by Crippen LogP contribution is -2.31. The van der Waals surface area contributed by atoms with Crippen molar-refractivity contribution in [2.45, 2.75) is 19.1 Å². The van der Waals surface area contributed by atoms with E-state index in [1.807, 2.05) is 6.07 Å². The van der Waals surface area contributed by atoms with Crippen LogP contribution >= 0.6 is 0 Å². The maximum absolute atomic E-state index is 12.5. The van der Waals surface area contributed by atoms with E-state index in [0.717, 1.165) is 29.9 Å². The van der Waals surface area contributed by atoms with Crippen LogP contribution in [0.1, 0.15) is 12.5 Å². The largest absolute Gasteiger partial charge is 0.478 e. The van der Waals surface area contributed by atoms with Crippen LogP contribution in [-0.4, -0.2) is 46.7 Å². The van der Waals surface area contributed by atoms with Gasteiger partial charge in [-0.3, -0.25) is 15.0 Å². The lowest BCUT2D eigenvalue weighted by atomic mass is 10.0. The van der Waals surface area contributed by atoms with E-state index in [4.69, 9.17) is 0 Å². The number of aliphatic imine (C=N–C) groups is 1. The number of fused-ring (bicyclic) bond motifs is 1. The second-order valence-corrected chi connectivity index (χ2v) is 5.37. The van der Waals surface area contributed by atoms with E-state index in [-0.39, 0.29) is 5.57 Å². The summed E-state index contributed by atoms with van der Waals surface area (Å²) in [5, 5.41) is 11.4. The number of hydrogen-bond acceptors (Lipinski definition) is 4. The Balaban J connectivity index is 2.36. The molecule has 2 N–H and O–H groups in total. The second-order valence-electron chi connectivity index (χ2n) is 5.37. The van der Waals surface area contributed by atoms with E-state index in [2.05, 4.69) is 15.4 Å². The summed E-state index contributed by atoms with van der Waals surface area (Å²) >= 11 is 0. The Hall–Kier alpha value is -2.94. The third-order valence-electron chi connectivity index (χ3n) is 3.56. The monoisotopic (exact) mass is 366 g/mol. The molecule has 0 radical (unpaired) electrons. The molecular formula is C17H17F3N4O2. The van der Waals surface area contributed by atoms with Gasteiger partial charge >= 0.3 is 12.1 Å². The van der Waals surface area contributed by atoms with Gasteiger partial charge in [-0.1, -0.05) is 18.2 Å². The van der Waals surface area contributed by atoms with E-state index in [1.54, 1.807) is 30.5 Å². The van der Waals surface area contributed by atoms with Gasteiger partial charge in [-0.2, -0.15) is 13.2 Å². The Bertz CT molecular complexity index is 849. The van der Waals surface area contributed by atoms with E-state index >= 15 is 0 Å². The Morgan fingerprint density at radius 2 is 2.12 bits per heavy atom. The Labute approximate surface area is 147 Å². The summed E-state index contributed by atoms with van der Waals surface area (Å²) in [7, 11) is 1.43. The first kappa shape index (κ1) is 19.4. The van der Waals surface area contributed by atoms with Gasteiger partial charge in [0.2, 0.25) is 0 Å². The smallest absolute Gasteiger partial charge is 0.410 e.